The third-order valence-electron chi connectivity index (χ3n) is 5.77. The van der Waals surface area contributed by atoms with Crippen LogP contribution in [0.25, 0.3) is 11.3 Å². The number of phosphoric ester groups is 1. The lowest BCUT2D eigenvalue weighted by Gasteiger charge is -2.29. The van der Waals surface area contributed by atoms with Crippen LogP contribution >= 0.6 is 19.4 Å². The van der Waals surface area contributed by atoms with Gasteiger partial charge in [0.25, 0.3) is 0 Å². The van der Waals surface area contributed by atoms with Gasteiger partial charge in [-0.15, -0.1) is 0 Å². The summed E-state index contributed by atoms with van der Waals surface area (Å²) in [7, 11) is -3.44. The van der Waals surface area contributed by atoms with Crippen LogP contribution in [0.15, 0.2) is 59.1 Å². The van der Waals surface area contributed by atoms with Crippen LogP contribution in [0.3, 0.4) is 0 Å². The first-order valence-electron chi connectivity index (χ1n) is 12.0. The molecular weight excluding hydrogens is 572 g/mol. The Balaban J connectivity index is 1.62. The summed E-state index contributed by atoms with van der Waals surface area (Å²) in [6.45, 7) is -1.13. The average Bonchev–Trinajstić information content (AvgIpc) is 3.38. The van der Waals surface area contributed by atoms with Crippen molar-refractivity contribution in [1.82, 2.24) is 10.1 Å². The molecule has 0 spiro atoms. The number of aromatic nitrogens is 1. The molecule has 40 heavy (non-hydrogen) atoms. The number of likely N-dealkylation sites (N-methyl/N-ethyl adjacent to an activating group) is 1. The van der Waals surface area contributed by atoms with Crippen molar-refractivity contribution in [2.75, 3.05) is 25.6 Å². The number of benzene rings is 2. The van der Waals surface area contributed by atoms with Crippen LogP contribution in [0.1, 0.15) is 18.4 Å². The lowest BCUT2D eigenvalue weighted by Crippen LogP contribution is -2.43. The van der Waals surface area contributed by atoms with Gasteiger partial charge in [0.05, 0.1) is 23.8 Å². The van der Waals surface area contributed by atoms with Crippen molar-refractivity contribution in [3.05, 3.63) is 71.0 Å². The van der Waals surface area contributed by atoms with E-state index < -0.39 is 51.0 Å². The van der Waals surface area contributed by atoms with Gasteiger partial charge >= 0.3 is 13.9 Å². The number of nitrogens with one attached hydrogen (secondary N) is 1. The van der Waals surface area contributed by atoms with Gasteiger partial charge in [0.1, 0.15) is 18.1 Å². The number of hydrogen-bond donors (Lipinski definition) is 4. The van der Waals surface area contributed by atoms with Crippen LogP contribution in [0.4, 0.5) is 15.1 Å². The van der Waals surface area contributed by atoms with E-state index in [1.165, 1.54) is 30.1 Å². The molecule has 3 aromatic rings. The molecule has 0 bridgehead atoms. The van der Waals surface area contributed by atoms with Gasteiger partial charge in [-0.3, -0.25) is 14.6 Å². The van der Waals surface area contributed by atoms with Crippen molar-refractivity contribution in [3.63, 3.8) is 0 Å². The number of aliphatic hydroxyl groups is 1. The van der Waals surface area contributed by atoms with Gasteiger partial charge in [-0.1, -0.05) is 59.2 Å². The predicted molar refractivity (Wildman–Crippen MR) is 142 cm³/mol. The molecule has 15 heteroatoms. The molecule has 0 fully saturated rings. The quantitative estimate of drug-likeness (QED) is 0.210. The fourth-order valence-corrected chi connectivity index (χ4v) is 4.24. The maximum absolute atomic E-state index is 13.7. The number of nitrogens with zero attached hydrogens (tertiary/aromatic N) is 2. The molecular formula is C25H28ClFN3O9P. The molecule has 0 radical (unpaired) electrons. The molecule has 12 nitrogen and oxygen atoms in total. The second kappa shape index (κ2) is 14.4. The minimum Gasteiger partial charge on any atom is -0.447 e. The Labute approximate surface area is 233 Å². The van der Waals surface area contributed by atoms with Crippen molar-refractivity contribution in [1.29, 1.82) is 0 Å². The fraction of sp³-hybridized carbons (Fsp3) is 0.320. The first-order chi connectivity index (χ1) is 18.9. The molecule has 216 valence electrons. The standard InChI is InChI=1S/C25H28ClFN3O9P/c1-30(23(32)11-10-17-8-5-9-20(27)24(17)26)18(12-19(31)15-38-40(34,35)36)14-37-25(33)28-22-13-21(29-39-22)16-6-3-2-4-7-16/h2-9,13,18-19,31H,10-12,14-15H2,1H3,(H,28,33)(H2,34,35,36)/t18-,19+/m0/s1. The van der Waals surface area contributed by atoms with Crippen LogP contribution in [-0.4, -0.2) is 69.4 Å². The highest BCUT2D eigenvalue weighted by molar-refractivity contribution is 7.46. The summed E-state index contributed by atoms with van der Waals surface area (Å²) in [6.07, 6.45) is -2.57. The molecule has 1 aromatic heterocycles. The highest BCUT2D eigenvalue weighted by Crippen LogP contribution is 2.36. The van der Waals surface area contributed by atoms with Gasteiger partial charge in [0.2, 0.25) is 11.8 Å². The van der Waals surface area contributed by atoms with Gasteiger partial charge in [-0.25, -0.2) is 13.8 Å². The summed E-state index contributed by atoms with van der Waals surface area (Å²) in [6, 6.07) is 13.9. The largest absolute Gasteiger partial charge is 0.469 e. The maximum Gasteiger partial charge on any atom is 0.469 e. The van der Waals surface area contributed by atoms with Gasteiger partial charge in [0.15, 0.2) is 0 Å². The normalized spacial score (nSPS) is 12.9. The molecule has 2 amide bonds. The predicted octanol–water partition coefficient (Wildman–Crippen LogP) is 4.00. The second-order valence-electron chi connectivity index (χ2n) is 8.71. The van der Waals surface area contributed by atoms with E-state index in [0.717, 1.165) is 5.56 Å². The van der Waals surface area contributed by atoms with E-state index in [-0.39, 0.29) is 30.2 Å². The number of carbonyl (C=O) groups excluding carboxylic acids is 2. The van der Waals surface area contributed by atoms with Crippen molar-refractivity contribution in [2.45, 2.75) is 31.4 Å². The maximum atomic E-state index is 13.7. The molecule has 0 unspecified atom stereocenters. The van der Waals surface area contributed by atoms with E-state index in [2.05, 4.69) is 15.0 Å². The smallest absolute Gasteiger partial charge is 0.447 e. The van der Waals surface area contributed by atoms with Crippen molar-refractivity contribution >= 4 is 37.3 Å². The first kappa shape index (κ1) is 31.2. The third-order valence-corrected chi connectivity index (χ3v) is 6.68. The van der Waals surface area contributed by atoms with Gasteiger partial charge in [-0.2, -0.15) is 0 Å². The summed E-state index contributed by atoms with van der Waals surface area (Å²) in [5, 5.41) is 16.4. The third kappa shape index (κ3) is 9.70. The Hall–Kier alpha value is -3.32. The highest BCUT2D eigenvalue weighted by Gasteiger charge is 2.27. The SMILES string of the molecule is CN(C(=O)CCc1cccc(F)c1Cl)[C@H](COC(=O)Nc1cc(-c2ccccc2)no1)C[C@@H](O)COP(=O)(O)O. The molecule has 0 saturated carbocycles. The fourth-order valence-electron chi connectivity index (χ4n) is 3.65. The summed E-state index contributed by atoms with van der Waals surface area (Å²) >= 11 is 5.96. The number of amides is 2. The molecule has 4 N–H and O–H groups in total. The van der Waals surface area contributed by atoms with Crippen molar-refractivity contribution in [3.8, 4) is 11.3 Å². The number of anilines is 1. The molecule has 0 aliphatic carbocycles. The number of phosphoric acid groups is 1. The number of rotatable bonds is 13. The van der Waals surface area contributed by atoms with E-state index in [9.17, 15) is 23.7 Å². The van der Waals surface area contributed by atoms with Crippen LogP contribution < -0.4 is 5.32 Å². The monoisotopic (exact) mass is 599 g/mol. The minimum atomic E-state index is -4.85. The Morgan fingerprint density at radius 1 is 1.18 bits per heavy atom. The Bertz CT molecular complexity index is 1340. The molecule has 2 atom stereocenters. The topological polar surface area (TPSA) is 172 Å². The van der Waals surface area contributed by atoms with Gasteiger partial charge < -0.3 is 29.1 Å². The zero-order valence-electron chi connectivity index (χ0n) is 21.3. The number of ether oxygens (including phenoxy) is 1. The summed E-state index contributed by atoms with van der Waals surface area (Å²) in [5.41, 5.74) is 1.66. The minimum absolute atomic E-state index is 0.00637. The van der Waals surface area contributed by atoms with Crippen LogP contribution in [0.2, 0.25) is 5.02 Å². The highest BCUT2D eigenvalue weighted by atomic mass is 35.5. The molecule has 0 aliphatic heterocycles. The van der Waals surface area contributed by atoms with Crippen LogP contribution in [-0.2, 0) is 25.0 Å². The zero-order valence-corrected chi connectivity index (χ0v) is 22.9. The Kier molecular flexibility index (Phi) is 11.2. The molecule has 3 rings (SSSR count). The van der Waals surface area contributed by atoms with Gasteiger partial charge in [-0.05, 0) is 24.5 Å². The summed E-state index contributed by atoms with van der Waals surface area (Å²) < 4.78 is 39.4. The van der Waals surface area contributed by atoms with E-state index >= 15 is 0 Å². The number of halogens is 2. The van der Waals surface area contributed by atoms with Crippen LogP contribution in [0.5, 0.6) is 0 Å². The second-order valence-corrected chi connectivity index (χ2v) is 10.3. The van der Waals surface area contributed by atoms with E-state index in [0.29, 0.717) is 11.3 Å². The summed E-state index contributed by atoms with van der Waals surface area (Å²) in [5.74, 6) is -1.06. The molecule has 2 aromatic carbocycles. The number of aliphatic hydroxyl groups excluding tert-OH is 1. The molecule has 0 aliphatic rings. The Morgan fingerprint density at radius 2 is 1.90 bits per heavy atom. The Morgan fingerprint density at radius 3 is 2.60 bits per heavy atom. The molecule has 1 heterocycles. The van der Waals surface area contributed by atoms with E-state index in [1.54, 1.807) is 18.2 Å². The van der Waals surface area contributed by atoms with Crippen molar-refractivity contribution < 1.29 is 47.2 Å². The van der Waals surface area contributed by atoms with Crippen LogP contribution in [0, 0.1) is 5.82 Å². The average molecular weight is 600 g/mol. The summed E-state index contributed by atoms with van der Waals surface area (Å²) in [4.78, 5) is 44.3. The van der Waals surface area contributed by atoms with E-state index in [4.69, 9.17) is 30.6 Å². The molecule has 0 saturated heterocycles. The lowest BCUT2D eigenvalue weighted by molar-refractivity contribution is -0.133. The number of aryl methyl sites for hydroxylation is 1. The number of carbonyl (C=O) groups is 2. The number of hydrogen-bond acceptors (Lipinski definition) is 8. The van der Waals surface area contributed by atoms with Crippen molar-refractivity contribution in [2.24, 2.45) is 0 Å². The van der Waals surface area contributed by atoms with Gasteiger partial charge in [0, 0.05) is 25.1 Å². The first-order valence-corrected chi connectivity index (χ1v) is 13.9. The zero-order chi connectivity index (χ0) is 29.3. The lowest BCUT2D eigenvalue weighted by atomic mass is 10.1. The van der Waals surface area contributed by atoms with E-state index in [1.807, 2.05) is 18.2 Å².